The highest BCUT2D eigenvalue weighted by Gasteiger charge is 2.25. The van der Waals surface area contributed by atoms with Crippen LogP contribution < -0.4 is 10.6 Å². The molecule has 8 heteroatoms. The Bertz CT molecular complexity index is 354. The molecule has 0 bridgehead atoms. The van der Waals surface area contributed by atoms with Crippen molar-refractivity contribution in [3.63, 3.8) is 0 Å². The van der Waals surface area contributed by atoms with Gasteiger partial charge in [-0.15, -0.1) is 0 Å². The van der Waals surface area contributed by atoms with E-state index in [4.69, 9.17) is 10.2 Å². The highest BCUT2D eigenvalue weighted by atomic mass is 16.4. The molecule has 0 rings (SSSR count). The molecule has 110 valence electrons. The molecule has 0 saturated heterocycles. The van der Waals surface area contributed by atoms with Crippen LogP contribution in [0.15, 0.2) is 0 Å². The summed E-state index contributed by atoms with van der Waals surface area (Å²) in [6.07, 6.45) is -0.667. The highest BCUT2D eigenvalue weighted by molar-refractivity contribution is 5.86. The van der Waals surface area contributed by atoms with Gasteiger partial charge in [0.25, 0.3) is 0 Å². The van der Waals surface area contributed by atoms with Gasteiger partial charge in [-0.25, -0.2) is 9.59 Å². The van der Waals surface area contributed by atoms with Gasteiger partial charge >= 0.3 is 18.0 Å². The summed E-state index contributed by atoms with van der Waals surface area (Å²) in [5.74, 6) is -2.68. The van der Waals surface area contributed by atoms with Gasteiger partial charge in [0, 0.05) is 12.1 Å². The molecule has 0 radical (unpaired) electrons. The van der Waals surface area contributed by atoms with E-state index in [0.29, 0.717) is 6.54 Å². The maximum Gasteiger partial charge on any atom is 0.326 e. The molecule has 4 N–H and O–H groups in total. The lowest BCUT2D eigenvalue weighted by Crippen LogP contribution is -2.53. The van der Waals surface area contributed by atoms with Gasteiger partial charge in [-0.3, -0.25) is 4.79 Å². The number of rotatable bonds is 7. The van der Waals surface area contributed by atoms with Crippen molar-refractivity contribution in [2.75, 3.05) is 20.6 Å². The average Bonchev–Trinajstić information content (AvgIpc) is 2.24. The van der Waals surface area contributed by atoms with E-state index in [1.54, 1.807) is 0 Å². The van der Waals surface area contributed by atoms with Crippen molar-refractivity contribution in [3.8, 4) is 0 Å². The lowest BCUT2D eigenvalue weighted by atomic mass is 10.0. The van der Waals surface area contributed by atoms with Gasteiger partial charge in [0.05, 0.1) is 6.42 Å². The van der Waals surface area contributed by atoms with E-state index in [0.717, 1.165) is 0 Å². The summed E-state index contributed by atoms with van der Waals surface area (Å²) in [6.45, 7) is 4.10. The second-order valence-electron chi connectivity index (χ2n) is 5.02. The van der Waals surface area contributed by atoms with Gasteiger partial charge in [0.2, 0.25) is 0 Å². The van der Waals surface area contributed by atoms with Crippen LogP contribution in [-0.4, -0.2) is 65.3 Å². The number of urea groups is 1. The van der Waals surface area contributed by atoms with Crippen molar-refractivity contribution in [2.24, 2.45) is 0 Å². The molecule has 0 fully saturated rings. The molecular weight excluding hydrogens is 254 g/mol. The number of amides is 2. The Morgan fingerprint density at radius 2 is 1.74 bits per heavy atom. The van der Waals surface area contributed by atoms with Gasteiger partial charge in [0.1, 0.15) is 6.04 Å². The zero-order valence-electron chi connectivity index (χ0n) is 11.6. The standard InChI is InChI=1S/C11H21N3O5/c1-11(2,14(3)4)6-12-10(19)13-7(9(17)18)5-8(15)16/h7H,5-6H2,1-4H3,(H,15,16)(H,17,18)(H2,12,13,19)/t7-/m1/s1. The molecule has 0 heterocycles. The van der Waals surface area contributed by atoms with Crippen molar-refractivity contribution in [2.45, 2.75) is 31.8 Å². The fourth-order valence-corrected chi connectivity index (χ4v) is 1.04. The second-order valence-corrected chi connectivity index (χ2v) is 5.02. The van der Waals surface area contributed by atoms with E-state index in [-0.39, 0.29) is 5.54 Å². The van der Waals surface area contributed by atoms with Crippen LogP contribution in [0.2, 0.25) is 0 Å². The number of nitrogens with one attached hydrogen (secondary N) is 2. The Morgan fingerprint density at radius 1 is 1.21 bits per heavy atom. The molecule has 0 spiro atoms. The third kappa shape index (κ3) is 6.61. The third-order valence-electron chi connectivity index (χ3n) is 2.87. The van der Waals surface area contributed by atoms with Crippen LogP contribution >= 0.6 is 0 Å². The average molecular weight is 275 g/mol. The van der Waals surface area contributed by atoms with Gasteiger partial charge in [-0.05, 0) is 27.9 Å². The fourth-order valence-electron chi connectivity index (χ4n) is 1.04. The number of hydrogen-bond acceptors (Lipinski definition) is 4. The molecule has 0 saturated carbocycles. The van der Waals surface area contributed by atoms with Crippen LogP contribution in [0.5, 0.6) is 0 Å². The first-order valence-electron chi connectivity index (χ1n) is 5.72. The summed E-state index contributed by atoms with van der Waals surface area (Å²) in [5, 5.41) is 21.9. The van der Waals surface area contributed by atoms with Crippen LogP contribution in [0.1, 0.15) is 20.3 Å². The van der Waals surface area contributed by atoms with Gasteiger partial charge in [-0.2, -0.15) is 0 Å². The summed E-state index contributed by atoms with van der Waals surface area (Å²) in [4.78, 5) is 34.6. The monoisotopic (exact) mass is 275 g/mol. The van der Waals surface area contributed by atoms with E-state index in [9.17, 15) is 14.4 Å². The molecule has 0 aromatic heterocycles. The number of likely N-dealkylation sites (N-methyl/N-ethyl adjacent to an activating group) is 1. The van der Waals surface area contributed by atoms with Gasteiger partial charge < -0.3 is 25.7 Å². The smallest absolute Gasteiger partial charge is 0.326 e. The molecular formula is C11H21N3O5. The molecule has 0 aromatic rings. The first-order valence-corrected chi connectivity index (χ1v) is 5.72. The Hall–Kier alpha value is -1.83. The van der Waals surface area contributed by atoms with Crippen molar-refractivity contribution in [1.82, 2.24) is 15.5 Å². The lowest BCUT2D eigenvalue weighted by Gasteiger charge is -2.32. The number of nitrogens with zero attached hydrogens (tertiary/aromatic N) is 1. The lowest BCUT2D eigenvalue weighted by molar-refractivity contribution is -0.145. The van der Waals surface area contributed by atoms with E-state index in [1.807, 2.05) is 32.8 Å². The van der Waals surface area contributed by atoms with Gasteiger partial charge in [0.15, 0.2) is 0 Å². The predicted octanol–water partition coefficient (Wildman–Crippen LogP) is -0.446. The fraction of sp³-hybridized carbons (Fsp3) is 0.727. The quantitative estimate of drug-likeness (QED) is 0.500. The molecule has 0 aliphatic carbocycles. The van der Waals surface area contributed by atoms with Gasteiger partial charge in [-0.1, -0.05) is 0 Å². The Balaban J connectivity index is 4.36. The van der Waals surface area contributed by atoms with Crippen LogP contribution in [0.4, 0.5) is 4.79 Å². The minimum Gasteiger partial charge on any atom is -0.481 e. The Kier molecular flexibility index (Phi) is 6.26. The van der Waals surface area contributed by atoms with Crippen molar-refractivity contribution in [3.05, 3.63) is 0 Å². The first kappa shape index (κ1) is 17.2. The zero-order valence-corrected chi connectivity index (χ0v) is 11.6. The van der Waals surface area contributed by atoms with E-state index >= 15 is 0 Å². The third-order valence-corrected chi connectivity index (χ3v) is 2.87. The maximum absolute atomic E-state index is 11.5. The zero-order chi connectivity index (χ0) is 15.2. The SMILES string of the molecule is CN(C)C(C)(C)CNC(=O)N[C@H](CC(=O)O)C(=O)O. The number of carbonyl (C=O) groups excluding carboxylic acids is 1. The molecule has 8 nitrogen and oxygen atoms in total. The normalized spacial score (nSPS) is 12.9. The maximum atomic E-state index is 11.5. The van der Waals surface area contributed by atoms with Crippen LogP contribution in [-0.2, 0) is 9.59 Å². The number of carboxylic acid groups (broad SMARTS) is 2. The van der Waals surface area contributed by atoms with Crippen LogP contribution in [0.3, 0.4) is 0 Å². The van der Waals surface area contributed by atoms with Crippen molar-refractivity contribution >= 4 is 18.0 Å². The summed E-state index contributed by atoms with van der Waals surface area (Å²) < 4.78 is 0. The molecule has 19 heavy (non-hydrogen) atoms. The van der Waals surface area contributed by atoms with E-state index in [2.05, 4.69) is 10.6 Å². The molecule has 2 amide bonds. The minimum atomic E-state index is -1.44. The molecule has 0 aliphatic rings. The first-order chi connectivity index (χ1) is 8.56. The van der Waals surface area contributed by atoms with E-state index in [1.165, 1.54) is 0 Å². The highest BCUT2D eigenvalue weighted by Crippen LogP contribution is 2.07. The number of carbonyl (C=O) groups is 3. The minimum absolute atomic E-state index is 0.297. The predicted molar refractivity (Wildman–Crippen MR) is 68.0 cm³/mol. The summed E-state index contributed by atoms with van der Waals surface area (Å²) in [6, 6.07) is -2.15. The summed E-state index contributed by atoms with van der Waals surface area (Å²) in [7, 11) is 3.70. The molecule has 1 atom stereocenters. The number of carboxylic acids is 2. The summed E-state index contributed by atoms with van der Waals surface area (Å²) >= 11 is 0. The molecule has 0 unspecified atom stereocenters. The Labute approximate surface area is 111 Å². The van der Waals surface area contributed by atoms with Crippen LogP contribution in [0, 0.1) is 0 Å². The number of hydrogen-bond donors (Lipinski definition) is 4. The largest absolute Gasteiger partial charge is 0.481 e. The summed E-state index contributed by atoms with van der Waals surface area (Å²) in [5.41, 5.74) is -0.303. The molecule has 0 aliphatic heterocycles. The second kappa shape index (κ2) is 6.93. The van der Waals surface area contributed by atoms with Crippen molar-refractivity contribution < 1.29 is 24.6 Å². The molecule has 0 aromatic carbocycles. The van der Waals surface area contributed by atoms with E-state index < -0.39 is 30.4 Å². The topological polar surface area (TPSA) is 119 Å². The van der Waals surface area contributed by atoms with Crippen molar-refractivity contribution in [1.29, 1.82) is 0 Å². The van der Waals surface area contributed by atoms with Crippen LogP contribution in [0.25, 0.3) is 0 Å². The number of aliphatic carboxylic acids is 2. The Morgan fingerprint density at radius 3 is 2.11 bits per heavy atom.